The van der Waals surface area contributed by atoms with Crippen LogP contribution in [0.15, 0.2) is 24.3 Å². The number of ether oxygens (including phenoxy) is 3. The second-order valence-corrected chi connectivity index (χ2v) is 6.73. The molecular weight excluding hydrogens is 352 g/mol. The Labute approximate surface area is 158 Å². The Morgan fingerprint density at radius 1 is 1.15 bits per heavy atom. The van der Waals surface area contributed by atoms with E-state index in [4.69, 9.17) is 14.2 Å². The van der Waals surface area contributed by atoms with Gasteiger partial charge in [0.1, 0.15) is 11.7 Å². The van der Waals surface area contributed by atoms with E-state index in [2.05, 4.69) is 0 Å². The van der Waals surface area contributed by atoms with Crippen molar-refractivity contribution in [3.05, 3.63) is 29.8 Å². The maximum Gasteiger partial charge on any atom is 0.317 e. The Bertz CT molecular complexity index is 710. The van der Waals surface area contributed by atoms with Gasteiger partial charge in [-0.2, -0.15) is 0 Å². The summed E-state index contributed by atoms with van der Waals surface area (Å²) in [6.45, 7) is 4.92. The van der Waals surface area contributed by atoms with Crippen molar-refractivity contribution in [1.82, 2.24) is 0 Å². The second kappa shape index (κ2) is 8.52. The summed E-state index contributed by atoms with van der Waals surface area (Å²) in [5, 5.41) is 10.9. The highest BCUT2D eigenvalue weighted by Gasteiger charge is 2.57. The average Bonchev–Trinajstić information content (AvgIpc) is 2.60. The van der Waals surface area contributed by atoms with Crippen LogP contribution in [-0.4, -0.2) is 48.8 Å². The van der Waals surface area contributed by atoms with E-state index in [0.717, 1.165) is 0 Å². The highest BCUT2D eigenvalue weighted by Crippen LogP contribution is 2.48. The number of benzene rings is 1. The molecule has 0 bridgehead atoms. The first-order valence-corrected chi connectivity index (χ1v) is 8.99. The zero-order chi connectivity index (χ0) is 20.2. The molecule has 0 heterocycles. The molecule has 1 aromatic carbocycles. The number of ketones is 1. The number of rotatable bonds is 6. The Hall–Kier alpha value is -2.41. The third-order valence-electron chi connectivity index (χ3n) is 4.85. The van der Waals surface area contributed by atoms with Crippen molar-refractivity contribution in [2.24, 2.45) is 11.8 Å². The predicted molar refractivity (Wildman–Crippen MR) is 96.2 cm³/mol. The molecule has 7 nitrogen and oxygen atoms in total. The van der Waals surface area contributed by atoms with E-state index in [1.165, 1.54) is 14.0 Å². The van der Waals surface area contributed by atoms with Gasteiger partial charge in [-0.3, -0.25) is 14.4 Å². The van der Waals surface area contributed by atoms with Gasteiger partial charge in [-0.25, -0.2) is 0 Å². The Morgan fingerprint density at radius 2 is 1.74 bits per heavy atom. The molecule has 27 heavy (non-hydrogen) atoms. The topological polar surface area (TPSA) is 99.1 Å². The van der Waals surface area contributed by atoms with Crippen LogP contribution in [-0.2, 0) is 23.9 Å². The highest BCUT2D eigenvalue weighted by molar-refractivity contribution is 6.03. The number of carbonyl (C=O) groups excluding carboxylic acids is 3. The lowest BCUT2D eigenvalue weighted by molar-refractivity contribution is -0.172. The molecule has 0 amide bonds. The van der Waals surface area contributed by atoms with Crippen LogP contribution in [0.5, 0.6) is 5.75 Å². The molecule has 0 radical (unpaired) electrons. The summed E-state index contributed by atoms with van der Waals surface area (Å²) in [6, 6.07) is 6.81. The number of hydrogen-bond acceptors (Lipinski definition) is 7. The molecule has 0 unspecified atom stereocenters. The number of hydrogen-bond donors (Lipinski definition) is 1. The summed E-state index contributed by atoms with van der Waals surface area (Å²) in [4.78, 5) is 38.1. The third-order valence-corrected chi connectivity index (χ3v) is 4.85. The van der Waals surface area contributed by atoms with Gasteiger partial charge in [0.15, 0.2) is 5.78 Å². The summed E-state index contributed by atoms with van der Waals surface area (Å²) in [5.74, 6) is -4.76. The molecule has 1 fully saturated rings. The molecule has 1 saturated carbocycles. The lowest BCUT2D eigenvalue weighted by Crippen LogP contribution is -2.55. The summed E-state index contributed by atoms with van der Waals surface area (Å²) in [6.07, 6.45) is -0.342. The average molecular weight is 378 g/mol. The van der Waals surface area contributed by atoms with Crippen molar-refractivity contribution in [2.75, 3.05) is 20.3 Å². The first-order valence-electron chi connectivity index (χ1n) is 8.99. The lowest BCUT2D eigenvalue weighted by atomic mass is 9.61. The molecule has 4 atom stereocenters. The monoisotopic (exact) mass is 378 g/mol. The SMILES string of the molecule is CCOC(=O)[C@@H]1C(=O)C[C@](C)(O)[C@@H](C(=O)OCC)[C@H]1c1ccccc1OC. The van der Waals surface area contributed by atoms with Gasteiger partial charge in [0.25, 0.3) is 0 Å². The molecule has 0 saturated heterocycles. The van der Waals surface area contributed by atoms with E-state index in [9.17, 15) is 19.5 Å². The van der Waals surface area contributed by atoms with Gasteiger partial charge in [0.05, 0.1) is 31.8 Å². The van der Waals surface area contributed by atoms with E-state index in [-0.39, 0.29) is 19.6 Å². The van der Waals surface area contributed by atoms with Gasteiger partial charge in [-0.05, 0) is 32.4 Å². The third kappa shape index (κ3) is 4.13. The summed E-state index contributed by atoms with van der Waals surface area (Å²) >= 11 is 0. The number of methoxy groups -OCH3 is 1. The molecule has 0 aliphatic heterocycles. The normalized spacial score (nSPS) is 27.7. The molecule has 0 spiro atoms. The van der Waals surface area contributed by atoms with Crippen molar-refractivity contribution in [1.29, 1.82) is 0 Å². The fourth-order valence-corrected chi connectivity index (χ4v) is 3.80. The van der Waals surface area contributed by atoms with E-state index < -0.39 is 41.1 Å². The Kier molecular flexibility index (Phi) is 6.59. The smallest absolute Gasteiger partial charge is 0.317 e. The number of esters is 2. The van der Waals surface area contributed by atoms with Crippen LogP contribution in [0.1, 0.15) is 38.7 Å². The zero-order valence-electron chi connectivity index (χ0n) is 16.1. The fourth-order valence-electron chi connectivity index (χ4n) is 3.80. The minimum atomic E-state index is -1.67. The number of para-hydroxylation sites is 1. The van der Waals surface area contributed by atoms with Gasteiger partial charge in [0, 0.05) is 12.3 Å². The minimum absolute atomic E-state index is 0.0989. The van der Waals surface area contributed by atoms with Crippen LogP contribution in [0.2, 0.25) is 0 Å². The number of aliphatic hydroxyl groups is 1. The Morgan fingerprint density at radius 3 is 2.33 bits per heavy atom. The molecule has 1 aliphatic carbocycles. The van der Waals surface area contributed by atoms with Crippen LogP contribution < -0.4 is 4.74 Å². The van der Waals surface area contributed by atoms with Crippen molar-refractivity contribution in [2.45, 2.75) is 38.7 Å². The van der Waals surface area contributed by atoms with Crippen LogP contribution in [0.25, 0.3) is 0 Å². The van der Waals surface area contributed by atoms with Gasteiger partial charge in [-0.1, -0.05) is 18.2 Å². The van der Waals surface area contributed by atoms with Crippen LogP contribution in [0, 0.1) is 11.8 Å². The quantitative estimate of drug-likeness (QED) is 0.596. The van der Waals surface area contributed by atoms with Crippen molar-refractivity contribution < 1.29 is 33.7 Å². The van der Waals surface area contributed by atoms with E-state index >= 15 is 0 Å². The van der Waals surface area contributed by atoms with Gasteiger partial charge >= 0.3 is 11.9 Å². The molecule has 2 rings (SSSR count). The van der Waals surface area contributed by atoms with Crippen molar-refractivity contribution in [3.8, 4) is 5.75 Å². The largest absolute Gasteiger partial charge is 0.496 e. The predicted octanol–water partition coefficient (Wildman–Crippen LogP) is 1.86. The van der Waals surface area contributed by atoms with E-state index in [1.807, 2.05) is 0 Å². The van der Waals surface area contributed by atoms with E-state index in [0.29, 0.717) is 11.3 Å². The molecular formula is C20H26O7. The maximum atomic E-state index is 12.8. The van der Waals surface area contributed by atoms with Gasteiger partial charge < -0.3 is 19.3 Å². The Balaban J connectivity index is 2.67. The molecule has 1 aliphatic rings. The zero-order valence-corrected chi connectivity index (χ0v) is 16.1. The van der Waals surface area contributed by atoms with Crippen LogP contribution in [0.3, 0.4) is 0 Å². The second-order valence-electron chi connectivity index (χ2n) is 6.73. The summed E-state index contributed by atoms with van der Waals surface area (Å²) in [5.41, 5.74) is -1.19. The maximum absolute atomic E-state index is 12.8. The van der Waals surface area contributed by atoms with Gasteiger partial charge in [0.2, 0.25) is 0 Å². The fraction of sp³-hybridized carbons (Fsp3) is 0.550. The lowest BCUT2D eigenvalue weighted by Gasteiger charge is -2.43. The van der Waals surface area contributed by atoms with Crippen LogP contribution in [0.4, 0.5) is 0 Å². The molecule has 0 aromatic heterocycles. The first kappa shape index (κ1) is 20.9. The van der Waals surface area contributed by atoms with Crippen molar-refractivity contribution >= 4 is 17.7 Å². The summed E-state index contributed by atoms with van der Waals surface area (Å²) in [7, 11) is 1.46. The highest BCUT2D eigenvalue weighted by atomic mass is 16.5. The number of Topliss-reactive ketones (excluding diaryl/α,β-unsaturated/α-hetero) is 1. The van der Waals surface area contributed by atoms with Gasteiger partial charge in [-0.15, -0.1) is 0 Å². The summed E-state index contributed by atoms with van der Waals surface area (Å²) < 4.78 is 15.6. The van der Waals surface area contributed by atoms with E-state index in [1.54, 1.807) is 38.1 Å². The van der Waals surface area contributed by atoms with Crippen LogP contribution >= 0.6 is 0 Å². The molecule has 1 N–H and O–H groups in total. The molecule has 1 aromatic rings. The van der Waals surface area contributed by atoms with Crippen molar-refractivity contribution in [3.63, 3.8) is 0 Å². The number of carbonyl (C=O) groups is 3. The minimum Gasteiger partial charge on any atom is -0.496 e. The first-order chi connectivity index (χ1) is 12.8. The standard InChI is InChI=1S/C20H26O7/c1-5-26-18(22)16-13(21)11-20(3,24)17(19(23)27-6-2)15(16)12-9-7-8-10-14(12)25-4/h7-10,15-17,24H,5-6,11H2,1-4H3/t15-,16+,17+,20-/m0/s1. The molecule has 148 valence electrons. The molecule has 7 heteroatoms.